The number of benzene rings is 1. The average molecular weight is 607 g/mol. The molecule has 13 heteroatoms. The number of nitrogens with one attached hydrogen (secondary N) is 1. The number of aromatic nitrogens is 1. The number of ether oxygens (including phenoxy) is 2. The third-order valence-electron chi connectivity index (χ3n) is 8.55. The molecule has 0 spiro atoms. The highest BCUT2D eigenvalue weighted by Crippen LogP contribution is 2.69. The predicted molar refractivity (Wildman–Crippen MR) is 146 cm³/mol. The summed E-state index contributed by atoms with van der Waals surface area (Å²) >= 11 is 9.14. The number of nitrogens with zero attached hydrogens (tertiary/aromatic N) is 1. The molecule has 6 rings (SSSR count). The van der Waals surface area contributed by atoms with Crippen LogP contribution in [0.25, 0.3) is 0 Å². The van der Waals surface area contributed by atoms with Crippen LogP contribution in [0, 0.1) is 29.6 Å². The zero-order chi connectivity index (χ0) is 28.3. The van der Waals surface area contributed by atoms with Crippen LogP contribution < -0.4 is 9.61 Å². The standard InChI is InChI=1S/C27H27ClN2O8S2/c1-2-37-17(33)10-38-15-6-5-11(28)8-12(15)18-19-13-9-14(22(19)39-24-23(18)40-27(36)29-24)21-20(13)25(34)30(26(21)35)7-3-4-16(31)32/h5-6,8,13-14,18-22H,2-4,7,9-10H2,1H3,(H,29,36)(H,31,32)/t13?,14?,18-,19?,20?,21?,22?/m1/s1. The highest BCUT2D eigenvalue weighted by atomic mass is 35.5. The van der Waals surface area contributed by atoms with E-state index >= 15 is 0 Å². The maximum absolute atomic E-state index is 13.6. The van der Waals surface area contributed by atoms with Crippen LogP contribution in [0.2, 0.25) is 5.02 Å². The van der Waals surface area contributed by atoms with Crippen LogP contribution in [0.3, 0.4) is 0 Å². The van der Waals surface area contributed by atoms with Gasteiger partial charge in [0.25, 0.3) is 0 Å². The summed E-state index contributed by atoms with van der Waals surface area (Å²) in [7, 11) is 0. The van der Waals surface area contributed by atoms with Crippen LogP contribution in [0.15, 0.2) is 28.0 Å². The zero-order valence-electron chi connectivity index (χ0n) is 21.5. The van der Waals surface area contributed by atoms with Crippen LogP contribution in [-0.4, -0.2) is 63.8 Å². The summed E-state index contributed by atoms with van der Waals surface area (Å²) < 4.78 is 10.9. The molecule has 1 aromatic carbocycles. The molecule has 212 valence electrons. The Morgan fingerprint density at radius 2 is 1.93 bits per heavy atom. The Morgan fingerprint density at radius 3 is 2.65 bits per heavy atom. The van der Waals surface area contributed by atoms with Gasteiger partial charge in [0.2, 0.25) is 11.8 Å². The minimum atomic E-state index is -0.966. The molecule has 2 bridgehead atoms. The van der Waals surface area contributed by atoms with Crippen LogP contribution >= 0.6 is 34.7 Å². The Kier molecular flexibility index (Phi) is 7.20. The summed E-state index contributed by atoms with van der Waals surface area (Å²) in [6.45, 7) is 1.75. The number of H-pyrrole nitrogens is 1. The lowest BCUT2D eigenvalue weighted by Gasteiger charge is -2.43. The Labute approximate surface area is 242 Å². The number of carbonyl (C=O) groups excluding carboxylic acids is 3. The second-order valence-corrected chi connectivity index (χ2v) is 13.2. The molecule has 7 atom stereocenters. The molecule has 2 aliphatic carbocycles. The molecule has 2 aliphatic heterocycles. The number of thioether (sulfide) groups is 1. The lowest BCUT2D eigenvalue weighted by molar-refractivity contribution is -0.145. The number of carboxylic acids is 1. The number of fused-ring (bicyclic) bond motifs is 9. The van der Waals surface area contributed by atoms with Gasteiger partial charge in [-0.15, -0.1) is 11.8 Å². The van der Waals surface area contributed by atoms with Gasteiger partial charge in [-0.05, 0) is 55.7 Å². The van der Waals surface area contributed by atoms with Gasteiger partial charge in [-0.25, -0.2) is 4.79 Å². The van der Waals surface area contributed by atoms with Gasteiger partial charge in [-0.2, -0.15) is 0 Å². The number of imide groups is 1. The van der Waals surface area contributed by atoms with Gasteiger partial charge in [0, 0.05) is 39.6 Å². The molecule has 2 amide bonds. The summed E-state index contributed by atoms with van der Waals surface area (Å²) in [5.74, 6) is -2.97. The highest BCUT2D eigenvalue weighted by molar-refractivity contribution is 8.00. The van der Waals surface area contributed by atoms with E-state index < -0.39 is 23.8 Å². The Bertz CT molecular complexity index is 1460. The van der Waals surface area contributed by atoms with Gasteiger partial charge in [0.1, 0.15) is 5.75 Å². The van der Waals surface area contributed by atoms with E-state index in [0.717, 1.165) is 26.8 Å². The first-order chi connectivity index (χ1) is 19.2. The number of hydrogen-bond acceptors (Lipinski definition) is 9. The van der Waals surface area contributed by atoms with Crippen LogP contribution in [0.4, 0.5) is 0 Å². The number of carboxylic acid groups (broad SMARTS) is 1. The molecular formula is C27H27ClN2O8S2. The number of carbonyl (C=O) groups is 4. The molecule has 10 nitrogen and oxygen atoms in total. The first-order valence-electron chi connectivity index (χ1n) is 13.2. The Morgan fingerprint density at radius 1 is 1.18 bits per heavy atom. The minimum absolute atomic E-state index is 0.0263. The van der Waals surface area contributed by atoms with Gasteiger partial charge in [0.05, 0.1) is 23.5 Å². The lowest BCUT2D eigenvalue weighted by atomic mass is 9.68. The summed E-state index contributed by atoms with van der Waals surface area (Å²) in [6, 6.07) is 5.16. The number of aliphatic carboxylic acids is 1. The van der Waals surface area contributed by atoms with Gasteiger partial charge in [-0.1, -0.05) is 22.9 Å². The summed E-state index contributed by atoms with van der Waals surface area (Å²) in [5, 5.41) is 10.2. The van der Waals surface area contributed by atoms with Crippen molar-refractivity contribution in [3.8, 4) is 5.75 Å². The van der Waals surface area contributed by atoms with Gasteiger partial charge in [0.15, 0.2) is 6.61 Å². The minimum Gasteiger partial charge on any atom is -0.482 e. The summed E-state index contributed by atoms with van der Waals surface area (Å²) in [6.07, 6.45) is 0.820. The number of amides is 2. The van der Waals surface area contributed by atoms with Crippen molar-refractivity contribution in [2.24, 2.45) is 29.6 Å². The molecule has 6 unspecified atom stereocenters. The molecule has 0 radical (unpaired) electrons. The van der Waals surface area contributed by atoms with E-state index in [1.54, 1.807) is 36.9 Å². The van der Waals surface area contributed by atoms with E-state index in [1.165, 1.54) is 4.90 Å². The summed E-state index contributed by atoms with van der Waals surface area (Å²) in [4.78, 5) is 67.5. The highest BCUT2D eigenvalue weighted by Gasteiger charge is 2.69. The Balaban J connectivity index is 1.37. The molecule has 3 heterocycles. The normalized spacial score (nSPS) is 29.8. The maximum Gasteiger partial charge on any atom is 0.344 e. The smallest absolute Gasteiger partial charge is 0.344 e. The van der Waals surface area contributed by atoms with Crippen molar-refractivity contribution in [1.82, 2.24) is 9.88 Å². The third-order valence-corrected chi connectivity index (χ3v) is 11.4. The number of rotatable bonds is 9. The largest absolute Gasteiger partial charge is 0.482 e. The first kappa shape index (κ1) is 27.3. The molecule has 1 saturated heterocycles. The molecule has 4 aliphatic rings. The van der Waals surface area contributed by atoms with Crippen molar-refractivity contribution in [2.45, 2.75) is 42.4 Å². The first-order valence-corrected chi connectivity index (χ1v) is 15.3. The van der Waals surface area contributed by atoms with Crippen LogP contribution in [0.1, 0.15) is 42.5 Å². The second kappa shape index (κ2) is 10.5. The van der Waals surface area contributed by atoms with E-state index in [0.29, 0.717) is 17.2 Å². The molecule has 2 aromatic rings. The van der Waals surface area contributed by atoms with E-state index in [1.807, 2.05) is 0 Å². The molecule has 2 N–H and O–H groups in total. The third kappa shape index (κ3) is 4.44. The van der Waals surface area contributed by atoms with E-state index in [9.17, 15) is 24.0 Å². The number of esters is 1. The second-order valence-electron chi connectivity index (χ2n) is 10.6. The molecule has 3 fully saturated rings. The van der Waals surface area contributed by atoms with Crippen molar-refractivity contribution in [3.63, 3.8) is 0 Å². The molecule has 40 heavy (non-hydrogen) atoms. The molecule has 1 aromatic heterocycles. The van der Waals surface area contributed by atoms with Gasteiger partial charge < -0.3 is 19.6 Å². The Hall–Kier alpha value is -2.83. The van der Waals surface area contributed by atoms with E-state index in [4.69, 9.17) is 26.2 Å². The number of hydrogen-bond donors (Lipinski definition) is 2. The van der Waals surface area contributed by atoms with Crippen LogP contribution in [-0.2, 0) is 23.9 Å². The molecule has 2 saturated carbocycles. The zero-order valence-corrected chi connectivity index (χ0v) is 23.9. The molecular weight excluding hydrogens is 580 g/mol. The average Bonchev–Trinajstić information content (AvgIpc) is 3.63. The van der Waals surface area contributed by atoms with Crippen molar-refractivity contribution in [3.05, 3.63) is 43.3 Å². The van der Waals surface area contributed by atoms with Gasteiger partial charge >= 0.3 is 16.8 Å². The number of thiazole rings is 1. The van der Waals surface area contributed by atoms with Crippen molar-refractivity contribution >= 4 is 58.5 Å². The van der Waals surface area contributed by atoms with E-state index in [2.05, 4.69) is 4.98 Å². The lowest BCUT2D eigenvalue weighted by Crippen LogP contribution is -2.42. The number of likely N-dealkylation sites (tertiary alicyclic amines) is 1. The fourth-order valence-electron chi connectivity index (χ4n) is 7.27. The van der Waals surface area contributed by atoms with Crippen molar-refractivity contribution in [2.75, 3.05) is 19.8 Å². The number of aromatic amines is 1. The van der Waals surface area contributed by atoms with Crippen molar-refractivity contribution in [1.29, 1.82) is 0 Å². The monoisotopic (exact) mass is 606 g/mol. The van der Waals surface area contributed by atoms with Crippen LogP contribution in [0.5, 0.6) is 5.75 Å². The topological polar surface area (TPSA) is 143 Å². The fourth-order valence-corrected chi connectivity index (χ4v) is 10.3. The van der Waals surface area contributed by atoms with E-state index in [-0.39, 0.29) is 78.2 Å². The SMILES string of the molecule is CCOC(=O)COc1ccc(Cl)cc1[C@H]1c2sc(=O)[nH]c2SC2C3CC(C4C(=O)N(CCCC(=O)O)C(=O)C34)C21. The predicted octanol–water partition coefficient (Wildman–Crippen LogP) is 3.37. The quantitative estimate of drug-likeness (QED) is 0.324. The van der Waals surface area contributed by atoms with Crippen molar-refractivity contribution < 1.29 is 33.8 Å². The maximum atomic E-state index is 13.6. The fraction of sp³-hybridized carbons (Fsp3) is 0.519. The summed E-state index contributed by atoms with van der Waals surface area (Å²) in [5.41, 5.74) is 0.725. The van der Waals surface area contributed by atoms with Gasteiger partial charge in [-0.3, -0.25) is 24.1 Å². The number of halogens is 1.